The number of hydrogen-bond donors (Lipinski definition) is 1. The summed E-state index contributed by atoms with van der Waals surface area (Å²) in [6.07, 6.45) is 1.29. The van der Waals surface area contributed by atoms with E-state index < -0.39 is 12.1 Å². The fraction of sp³-hybridized carbons (Fsp3) is 0.316. The molecule has 1 unspecified atom stereocenters. The second-order valence-corrected chi connectivity index (χ2v) is 6.14. The highest BCUT2D eigenvalue weighted by Crippen LogP contribution is 2.20. The molecular formula is C19H20N2O4. The summed E-state index contributed by atoms with van der Waals surface area (Å²) in [6, 6.07) is 10.8. The number of carbonyl (C=O) groups excluding carboxylic acids is 2. The maximum atomic E-state index is 12.3. The van der Waals surface area contributed by atoms with Crippen LogP contribution < -0.4 is 10.1 Å². The monoisotopic (exact) mass is 340 g/mol. The van der Waals surface area contributed by atoms with E-state index in [1.165, 1.54) is 0 Å². The zero-order valence-corrected chi connectivity index (χ0v) is 14.2. The van der Waals surface area contributed by atoms with Gasteiger partial charge < -0.3 is 14.8 Å². The van der Waals surface area contributed by atoms with E-state index in [0.717, 1.165) is 11.1 Å². The van der Waals surface area contributed by atoms with Gasteiger partial charge in [-0.2, -0.15) is 0 Å². The van der Waals surface area contributed by atoms with Crippen LogP contribution in [0.2, 0.25) is 0 Å². The van der Waals surface area contributed by atoms with Gasteiger partial charge in [-0.05, 0) is 31.0 Å². The largest absolute Gasteiger partial charge is 0.475 e. The van der Waals surface area contributed by atoms with Crippen LogP contribution in [0.4, 0.5) is 0 Å². The van der Waals surface area contributed by atoms with Gasteiger partial charge in [-0.1, -0.05) is 24.3 Å². The molecule has 6 nitrogen and oxygen atoms in total. The Kier molecular flexibility index (Phi) is 4.97. The lowest BCUT2D eigenvalue weighted by Gasteiger charge is -2.23. The Hall–Kier alpha value is -2.89. The first kappa shape index (κ1) is 17.0. The predicted molar refractivity (Wildman–Crippen MR) is 91.2 cm³/mol. The molecule has 0 fully saturated rings. The van der Waals surface area contributed by atoms with E-state index in [-0.39, 0.29) is 12.0 Å². The first-order chi connectivity index (χ1) is 12.0. The molecule has 2 heterocycles. The topological polar surface area (TPSA) is 77.5 Å². The van der Waals surface area contributed by atoms with Crippen LogP contribution in [0.3, 0.4) is 0 Å². The number of nitrogens with one attached hydrogen (secondary N) is 1. The summed E-state index contributed by atoms with van der Waals surface area (Å²) in [6.45, 7) is 4.17. The summed E-state index contributed by atoms with van der Waals surface area (Å²) in [5.41, 5.74) is 2.19. The van der Waals surface area contributed by atoms with Crippen LogP contribution in [0.25, 0.3) is 0 Å². The molecular weight excluding hydrogens is 320 g/mol. The van der Waals surface area contributed by atoms with Crippen molar-refractivity contribution in [2.75, 3.05) is 0 Å². The molecule has 25 heavy (non-hydrogen) atoms. The van der Waals surface area contributed by atoms with Gasteiger partial charge in [0.05, 0.1) is 11.7 Å². The van der Waals surface area contributed by atoms with Crippen molar-refractivity contribution < 1.29 is 19.1 Å². The van der Waals surface area contributed by atoms with E-state index in [2.05, 4.69) is 10.3 Å². The Morgan fingerprint density at radius 2 is 2.12 bits per heavy atom. The van der Waals surface area contributed by atoms with E-state index >= 15 is 0 Å². The number of rotatable bonds is 5. The molecule has 3 rings (SSSR count). The third kappa shape index (κ3) is 4.15. The predicted octanol–water partition coefficient (Wildman–Crippen LogP) is 2.27. The quantitative estimate of drug-likeness (QED) is 0.845. The van der Waals surface area contributed by atoms with Gasteiger partial charge in [-0.15, -0.1) is 0 Å². The lowest BCUT2D eigenvalue weighted by Crippen LogP contribution is -2.41. The third-order valence-electron chi connectivity index (χ3n) is 3.81. The third-order valence-corrected chi connectivity index (χ3v) is 3.81. The van der Waals surface area contributed by atoms with Crippen molar-refractivity contribution in [2.45, 2.75) is 39.0 Å². The Morgan fingerprint density at radius 3 is 2.84 bits per heavy atom. The number of esters is 1. The fourth-order valence-corrected chi connectivity index (χ4v) is 2.61. The number of fused-ring (bicyclic) bond motifs is 1. The molecule has 0 aliphatic carbocycles. The van der Waals surface area contributed by atoms with Crippen molar-refractivity contribution in [1.29, 1.82) is 0 Å². The van der Waals surface area contributed by atoms with Crippen LogP contribution in [0.5, 0.6) is 5.88 Å². The molecule has 1 N–H and O–H groups in total. The van der Waals surface area contributed by atoms with Crippen molar-refractivity contribution in [3.8, 4) is 5.88 Å². The van der Waals surface area contributed by atoms with Gasteiger partial charge in [0, 0.05) is 25.2 Å². The summed E-state index contributed by atoms with van der Waals surface area (Å²) in [5.74, 6) is -0.230. The van der Waals surface area contributed by atoms with Crippen LogP contribution >= 0.6 is 0 Å². The molecule has 1 aromatic carbocycles. The molecule has 0 saturated heterocycles. The van der Waals surface area contributed by atoms with Crippen LogP contribution in [0.1, 0.15) is 35.3 Å². The fourth-order valence-electron chi connectivity index (χ4n) is 2.61. The van der Waals surface area contributed by atoms with Gasteiger partial charge in [-0.3, -0.25) is 4.79 Å². The number of ether oxygens (including phenoxy) is 2. The molecule has 1 aromatic heterocycles. The SMILES string of the molecule is CC(C)Oc1ccc(CNC(=O)C2Cc3ccccc3C(=O)O2)cn1. The van der Waals surface area contributed by atoms with Crippen LogP contribution in [0, 0.1) is 0 Å². The minimum atomic E-state index is -0.807. The van der Waals surface area contributed by atoms with E-state index in [0.29, 0.717) is 24.4 Å². The molecule has 1 aliphatic rings. The average Bonchev–Trinajstić information content (AvgIpc) is 2.60. The minimum absolute atomic E-state index is 0.0573. The second kappa shape index (κ2) is 7.34. The standard InChI is InChI=1S/C19H20N2O4/c1-12(2)24-17-8-7-13(10-20-17)11-21-18(22)16-9-14-5-3-4-6-15(14)19(23)25-16/h3-8,10,12,16H,9,11H2,1-2H3,(H,21,22). The zero-order valence-electron chi connectivity index (χ0n) is 14.2. The molecule has 130 valence electrons. The van der Waals surface area contributed by atoms with Gasteiger partial charge in [0.1, 0.15) is 0 Å². The van der Waals surface area contributed by atoms with Crippen molar-refractivity contribution >= 4 is 11.9 Å². The Morgan fingerprint density at radius 1 is 1.32 bits per heavy atom. The highest BCUT2D eigenvalue weighted by Gasteiger charge is 2.30. The van der Waals surface area contributed by atoms with Crippen LogP contribution in [-0.2, 0) is 22.5 Å². The Labute approximate surface area is 146 Å². The van der Waals surface area contributed by atoms with E-state index in [4.69, 9.17) is 9.47 Å². The lowest BCUT2D eigenvalue weighted by molar-refractivity contribution is -0.130. The molecule has 0 bridgehead atoms. The smallest absolute Gasteiger partial charge is 0.339 e. The molecule has 2 aromatic rings. The molecule has 0 spiro atoms. The van der Waals surface area contributed by atoms with Gasteiger partial charge in [0.25, 0.3) is 5.91 Å². The van der Waals surface area contributed by atoms with Crippen molar-refractivity contribution in [3.63, 3.8) is 0 Å². The highest BCUT2D eigenvalue weighted by atomic mass is 16.5. The number of benzene rings is 1. The molecule has 1 aliphatic heterocycles. The first-order valence-corrected chi connectivity index (χ1v) is 8.21. The van der Waals surface area contributed by atoms with Gasteiger partial charge in [0.2, 0.25) is 5.88 Å². The number of nitrogens with zero attached hydrogens (tertiary/aromatic N) is 1. The zero-order chi connectivity index (χ0) is 17.8. The van der Waals surface area contributed by atoms with Crippen molar-refractivity contribution in [2.24, 2.45) is 0 Å². The van der Waals surface area contributed by atoms with E-state index in [1.807, 2.05) is 32.0 Å². The maximum Gasteiger partial charge on any atom is 0.339 e. The van der Waals surface area contributed by atoms with Crippen molar-refractivity contribution in [3.05, 3.63) is 59.3 Å². The molecule has 1 amide bonds. The van der Waals surface area contributed by atoms with E-state index in [1.54, 1.807) is 24.4 Å². The number of hydrogen-bond acceptors (Lipinski definition) is 5. The van der Waals surface area contributed by atoms with Crippen LogP contribution in [0.15, 0.2) is 42.6 Å². The Bertz CT molecular complexity index is 771. The maximum absolute atomic E-state index is 12.3. The van der Waals surface area contributed by atoms with Crippen LogP contribution in [-0.4, -0.2) is 29.1 Å². The van der Waals surface area contributed by atoms with Gasteiger partial charge in [-0.25, -0.2) is 9.78 Å². The Balaban J connectivity index is 1.57. The average molecular weight is 340 g/mol. The van der Waals surface area contributed by atoms with E-state index in [9.17, 15) is 9.59 Å². The molecule has 0 saturated carbocycles. The number of amides is 1. The van der Waals surface area contributed by atoms with Gasteiger partial charge in [0.15, 0.2) is 6.10 Å². The summed E-state index contributed by atoms with van der Waals surface area (Å²) in [4.78, 5) is 28.5. The molecule has 6 heteroatoms. The molecule has 0 radical (unpaired) electrons. The summed E-state index contributed by atoms with van der Waals surface area (Å²) < 4.78 is 10.7. The van der Waals surface area contributed by atoms with Crippen molar-refractivity contribution in [1.82, 2.24) is 10.3 Å². The number of pyridine rings is 1. The molecule has 1 atom stereocenters. The number of carbonyl (C=O) groups is 2. The second-order valence-electron chi connectivity index (χ2n) is 6.14. The summed E-state index contributed by atoms with van der Waals surface area (Å²) >= 11 is 0. The lowest BCUT2D eigenvalue weighted by atomic mass is 9.98. The number of aromatic nitrogens is 1. The first-order valence-electron chi connectivity index (χ1n) is 8.21. The number of cyclic esters (lactones) is 1. The normalized spacial score (nSPS) is 16.1. The van der Waals surface area contributed by atoms with Gasteiger partial charge >= 0.3 is 5.97 Å². The summed E-state index contributed by atoms with van der Waals surface area (Å²) in [7, 11) is 0. The summed E-state index contributed by atoms with van der Waals surface area (Å²) in [5, 5.41) is 2.78. The minimum Gasteiger partial charge on any atom is -0.475 e. The highest BCUT2D eigenvalue weighted by molar-refractivity contribution is 5.95.